The molecule has 0 radical (unpaired) electrons. The number of rotatable bonds is 5. The van der Waals surface area contributed by atoms with Crippen LogP contribution in [0.25, 0.3) is 11.1 Å². The van der Waals surface area contributed by atoms with Gasteiger partial charge in [0, 0.05) is 25.7 Å². The van der Waals surface area contributed by atoms with Gasteiger partial charge in [0.15, 0.2) is 0 Å². The molecule has 0 aliphatic carbocycles. The van der Waals surface area contributed by atoms with E-state index in [-0.39, 0.29) is 6.04 Å². The smallest absolute Gasteiger partial charge is 0.243 e. The van der Waals surface area contributed by atoms with Gasteiger partial charge in [0.25, 0.3) is 0 Å². The average Bonchev–Trinajstić information content (AvgIpc) is 2.75. The molecule has 2 aliphatic rings. The van der Waals surface area contributed by atoms with E-state index in [2.05, 4.69) is 29.2 Å². The summed E-state index contributed by atoms with van der Waals surface area (Å²) in [5.74, 6) is 0. The molecular formula is C23H31N3O2S. The van der Waals surface area contributed by atoms with Crippen molar-refractivity contribution in [3.8, 4) is 11.1 Å². The lowest BCUT2D eigenvalue weighted by atomic mass is 10.0. The summed E-state index contributed by atoms with van der Waals surface area (Å²) in [5.41, 5.74) is 9.38. The molecule has 2 N–H and O–H groups in total. The van der Waals surface area contributed by atoms with Gasteiger partial charge in [-0.3, -0.25) is 4.90 Å². The third-order valence-electron chi connectivity index (χ3n) is 6.13. The molecule has 0 bridgehead atoms. The highest BCUT2D eigenvalue weighted by molar-refractivity contribution is 7.89. The molecule has 0 unspecified atom stereocenters. The van der Waals surface area contributed by atoms with Crippen molar-refractivity contribution < 1.29 is 8.42 Å². The molecule has 0 spiro atoms. The summed E-state index contributed by atoms with van der Waals surface area (Å²) >= 11 is 0. The van der Waals surface area contributed by atoms with Crippen LogP contribution < -0.4 is 5.73 Å². The number of likely N-dealkylation sites (tertiary alicyclic amines) is 1. The Hall–Kier alpha value is -1.73. The SMILES string of the molecule is NC1CCN(S(=O)(=O)c2ccc(-c3ccc(CN4CCCCC4)cc3)cc2)CC1. The standard InChI is InChI=1S/C23H31N3O2S/c24-22-12-16-26(17-13-22)29(27,28)23-10-8-21(9-11-23)20-6-4-19(5-7-20)18-25-14-2-1-3-15-25/h4-11,22H,1-3,12-18,24H2. The maximum absolute atomic E-state index is 12.9. The predicted molar refractivity (Wildman–Crippen MR) is 117 cm³/mol. The van der Waals surface area contributed by atoms with Crippen molar-refractivity contribution in [1.29, 1.82) is 0 Å². The quantitative estimate of drug-likeness (QED) is 0.815. The molecule has 4 rings (SSSR count). The van der Waals surface area contributed by atoms with Gasteiger partial charge in [-0.05, 0) is 67.6 Å². The molecule has 0 amide bonds. The van der Waals surface area contributed by atoms with Gasteiger partial charge < -0.3 is 5.73 Å². The van der Waals surface area contributed by atoms with Crippen molar-refractivity contribution in [3.05, 3.63) is 54.1 Å². The van der Waals surface area contributed by atoms with Gasteiger partial charge in [-0.15, -0.1) is 0 Å². The number of sulfonamides is 1. The van der Waals surface area contributed by atoms with Crippen molar-refractivity contribution in [2.45, 2.75) is 49.6 Å². The molecule has 6 heteroatoms. The van der Waals surface area contributed by atoms with Crippen molar-refractivity contribution >= 4 is 10.0 Å². The highest BCUT2D eigenvalue weighted by atomic mass is 32.2. The third-order valence-corrected chi connectivity index (χ3v) is 8.05. The minimum absolute atomic E-state index is 0.113. The van der Waals surface area contributed by atoms with Gasteiger partial charge in [-0.25, -0.2) is 8.42 Å². The fraction of sp³-hybridized carbons (Fsp3) is 0.478. The molecule has 5 nitrogen and oxygen atoms in total. The first-order valence-electron chi connectivity index (χ1n) is 10.7. The van der Waals surface area contributed by atoms with E-state index in [4.69, 9.17) is 5.73 Å². The molecule has 29 heavy (non-hydrogen) atoms. The summed E-state index contributed by atoms with van der Waals surface area (Å²) in [5, 5.41) is 0. The Balaban J connectivity index is 1.43. The maximum atomic E-state index is 12.9. The average molecular weight is 414 g/mol. The number of nitrogens with zero attached hydrogens (tertiary/aromatic N) is 2. The van der Waals surface area contributed by atoms with Crippen LogP contribution in [0.1, 0.15) is 37.7 Å². The lowest BCUT2D eigenvalue weighted by Crippen LogP contribution is -2.42. The summed E-state index contributed by atoms with van der Waals surface area (Å²) in [4.78, 5) is 2.88. The molecule has 2 saturated heterocycles. The first kappa shape index (κ1) is 20.5. The largest absolute Gasteiger partial charge is 0.328 e. The van der Waals surface area contributed by atoms with Gasteiger partial charge in [-0.1, -0.05) is 42.8 Å². The predicted octanol–water partition coefficient (Wildman–Crippen LogP) is 3.45. The molecule has 2 aromatic rings. The van der Waals surface area contributed by atoms with E-state index in [9.17, 15) is 8.42 Å². The second-order valence-electron chi connectivity index (χ2n) is 8.30. The van der Waals surface area contributed by atoms with Crippen molar-refractivity contribution in [3.63, 3.8) is 0 Å². The van der Waals surface area contributed by atoms with Crippen molar-refractivity contribution in [2.75, 3.05) is 26.2 Å². The van der Waals surface area contributed by atoms with E-state index in [0.717, 1.165) is 30.5 Å². The van der Waals surface area contributed by atoms with Gasteiger partial charge in [0.05, 0.1) is 4.90 Å². The highest BCUT2D eigenvalue weighted by Crippen LogP contribution is 2.25. The second kappa shape index (κ2) is 8.96. The van der Waals surface area contributed by atoms with Gasteiger partial charge in [-0.2, -0.15) is 4.31 Å². The van der Waals surface area contributed by atoms with Crippen molar-refractivity contribution in [2.24, 2.45) is 5.73 Å². The Morgan fingerprint density at radius 3 is 1.93 bits per heavy atom. The number of benzene rings is 2. The monoisotopic (exact) mass is 413 g/mol. The minimum Gasteiger partial charge on any atom is -0.328 e. The third kappa shape index (κ3) is 4.89. The Morgan fingerprint density at radius 2 is 1.34 bits per heavy atom. The minimum atomic E-state index is -3.44. The van der Waals surface area contributed by atoms with Crippen LogP contribution in [-0.4, -0.2) is 49.8 Å². The van der Waals surface area contributed by atoms with Crippen LogP contribution in [-0.2, 0) is 16.6 Å². The summed E-state index contributed by atoms with van der Waals surface area (Å²) in [7, 11) is -3.44. The maximum Gasteiger partial charge on any atom is 0.243 e. The summed E-state index contributed by atoms with van der Waals surface area (Å²) < 4.78 is 27.3. The van der Waals surface area contributed by atoms with Crippen LogP contribution in [0.4, 0.5) is 0 Å². The number of nitrogens with two attached hydrogens (primary N) is 1. The summed E-state index contributed by atoms with van der Waals surface area (Å²) in [6, 6.07) is 16.0. The lowest BCUT2D eigenvalue weighted by Gasteiger charge is -2.29. The van der Waals surface area contributed by atoms with E-state index in [1.807, 2.05) is 12.1 Å². The van der Waals surface area contributed by atoms with Gasteiger partial charge in [0.1, 0.15) is 0 Å². The summed E-state index contributed by atoms with van der Waals surface area (Å²) in [6.45, 7) is 4.41. The van der Waals surface area contributed by atoms with E-state index >= 15 is 0 Å². The topological polar surface area (TPSA) is 66.6 Å². The number of piperidine rings is 2. The van der Waals surface area contributed by atoms with Crippen LogP contribution in [0, 0.1) is 0 Å². The number of hydrogen-bond donors (Lipinski definition) is 1. The zero-order valence-electron chi connectivity index (χ0n) is 17.0. The Kier molecular flexibility index (Phi) is 6.35. The van der Waals surface area contributed by atoms with Crippen LogP contribution in [0.15, 0.2) is 53.4 Å². The van der Waals surface area contributed by atoms with Crippen LogP contribution in [0.5, 0.6) is 0 Å². The molecule has 2 aromatic carbocycles. The zero-order valence-corrected chi connectivity index (χ0v) is 17.8. The van der Waals surface area contributed by atoms with Crippen LogP contribution in [0.2, 0.25) is 0 Å². The molecule has 2 heterocycles. The molecule has 0 aromatic heterocycles. The van der Waals surface area contributed by atoms with E-state index in [0.29, 0.717) is 18.0 Å². The Labute approximate surface area is 174 Å². The number of hydrogen-bond acceptors (Lipinski definition) is 4. The second-order valence-corrected chi connectivity index (χ2v) is 10.2. The normalized spacial score (nSPS) is 20.0. The molecule has 156 valence electrons. The fourth-order valence-corrected chi connectivity index (χ4v) is 5.73. The van der Waals surface area contributed by atoms with Crippen LogP contribution in [0.3, 0.4) is 0 Å². The highest BCUT2D eigenvalue weighted by Gasteiger charge is 2.28. The zero-order chi connectivity index (χ0) is 20.3. The lowest BCUT2D eigenvalue weighted by molar-refractivity contribution is 0.221. The molecule has 0 atom stereocenters. The summed E-state index contributed by atoms with van der Waals surface area (Å²) in [6.07, 6.45) is 5.41. The Morgan fingerprint density at radius 1 is 0.793 bits per heavy atom. The molecule has 0 saturated carbocycles. The van der Waals surface area contributed by atoms with Crippen LogP contribution >= 0.6 is 0 Å². The van der Waals surface area contributed by atoms with E-state index in [1.54, 1.807) is 16.4 Å². The van der Waals surface area contributed by atoms with E-state index < -0.39 is 10.0 Å². The van der Waals surface area contributed by atoms with Gasteiger partial charge >= 0.3 is 0 Å². The Bertz CT molecular complexity index is 896. The van der Waals surface area contributed by atoms with E-state index in [1.165, 1.54) is 37.9 Å². The molecule has 2 aliphatic heterocycles. The first-order valence-corrected chi connectivity index (χ1v) is 12.1. The van der Waals surface area contributed by atoms with Crippen molar-refractivity contribution in [1.82, 2.24) is 9.21 Å². The molecule has 2 fully saturated rings. The first-order chi connectivity index (χ1) is 14.0. The molecular weight excluding hydrogens is 382 g/mol. The fourth-order valence-electron chi connectivity index (χ4n) is 4.26. The van der Waals surface area contributed by atoms with Gasteiger partial charge in [0.2, 0.25) is 10.0 Å².